The number of hydrogen-bond acceptors (Lipinski definition) is 5. The van der Waals surface area contributed by atoms with Crippen LogP contribution < -0.4 is 9.80 Å². The van der Waals surface area contributed by atoms with E-state index in [9.17, 15) is 14.4 Å². The lowest BCUT2D eigenvalue weighted by Gasteiger charge is -2.35. The number of ketones is 1. The first-order valence-electron chi connectivity index (χ1n) is 13.0. The van der Waals surface area contributed by atoms with Crippen LogP contribution in [0.2, 0.25) is 0 Å². The molecule has 7 nitrogen and oxygen atoms in total. The quantitative estimate of drug-likeness (QED) is 0.620. The van der Waals surface area contributed by atoms with Gasteiger partial charge in [0.15, 0.2) is 0 Å². The number of rotatable bonds is 6. The Bertz CT molecular complexity index is 981. The molecule has 0 aliphatic carbocycles. The van der Waals surface area contributed by atoms with Gasteiger partial charge < -0.3 is 19.6 Å². The summed E-state index contributed by atoms with van der Waals surface area (Å²) < 4.78 is 0. The number of hydrogen-bond donors (Lipinski definition) is 0. The van der Waals surface area contributed by atoms with Gasteiger partial charge in [-0.25, -0.2) is 0 Å². The third kappa shape index (κ3) is 5.72. The molecule has 0 saturated carbocycles. The molecule has 7 heteroatoms. The van der Waals surface area contributed by atoms with Crippen molar-refractivity contribution in [3.63, 3.8) is 0 Å². The first-order chi connectivity index (χ1) is 17.2. The van der Waals surface area contributed by atoms with Gasteiger partial charge in [-0.2, -0.15) is 0 Å². The Morgan fingerprint density at radius 2 is 0.861 bits per heavy atom. The molecule has 0 spiro atoms. The third-order valence-corrected chi connectivity index (χ3v) is 7.82. The van der Waals surface area contributed by atoms with Gasteiger partial charge in [-0.3, -0.25) is 14.4 Å². The summed E-state index contributed by atoms with van der Waals surface area (Å²) in [6.07, 6.45) is 0. The largest absolute Gasteiger partial charge is 0.368 e. The normalized spacial score (nSPS) is 18.1. The van der Waals surface area contributed by atoms with Crippen LogP contribution in [0.4, 0.5) is 11.4 Å². The maximum Gasteiger partial charge on any atom is 0.219 e. The van der Waals surface area contributed by atoms with Crippen LogP contribution in [0.15, 0.2) is 48.5 Å². The number of Topliss-reactive ketones (excluding diaryl/α,β-unsaturated/α-hetero) is 1. The lowest BCUT2D eigenvalue weighted by Crippen LogP contribution is -2.48. The molecule has 0 N–H and O–H groups in total. The van der Waals surface area contributed by atoms with Gasteiger partial charge in [0.05, 0.1) is 0 Å². The summed E-state index contributed by atoms with van der Waals surface area (Å²) in [6.45, 7) is 13.5. The molecule has 2 aliphatic rings. The Hall–Kier alpha value is -3.35. The Labute approximate surface area is 214 Å². The summed E-state index contributed by atoms with van der Waals surface area (Å²) >= 11 is 0. The van der Waals surface area contributed by atoms with Crippen molar-refractivity contribution in [3.8, 4) is 0 Å². The lowest BCUT2D eigenvalue weighted by atomic mass is 9.85. The van der Waals surface area contributed by atoms with E-state index in [1.54, 1.807) is 13.8 Å². The van der Waals surface area contributed by atoms with Gasteiger partial charge in [-0.1, -0.05) is 38.1 Å². The summed E-state index contributed by atoms with van der Waals surface area (Å²) in [5, 5.41) is 0. The summed E-state index contributed by atoms with van der Waals surface area (Å²) in [5.41, 5.74) is 4.32. The fourth-order valence-corrected chi connectivity index (χ4v) is 5.21. The Balaban J connectivity index is 1.34. The minimum absolute atomic E-state index is 0.133. The van der Waals surface area contributed by atoms with Gasteiger partial charge in [0.2, 0.25) is 11.8 Å². The molecule has 0 radical (unpaired) electrons. The van der Waals surface area contributed by atoms with Crippen LogP contribution in [-0.4, -0.2) is 79.8 Å². The Morgan fingerprint density at radius 3 is 1.14 bits per heavy atom. The van der Waals surface area contributed by atoms with E-state index in [-0.39, 0.29) is 29.4 Å². The van der Waals surface area contributed by atoms with Crippen molar-refractivity contribution in [2.45, 2.75) is 39.5 Å². The molecule has 2 aromatic carbocycles. The molecule has 0 bridgehead atoms. The smallest absolute Gasteiger partial charge is 0.219 e. The van der Waals surface area contributed by atoms with Crippen molar-refractivity contribution in [2.75, 3.05) is 62.2 Å². The molecule has 2 aromatic rings. The fourth-order valence-electron chi connectivity index (χ4n) is 5.21. The maximum atomic E-state index is 13.3. The SMILES string of the molecule is CC(=O)N1CCN(c2ccc(C(C)C(=O)C(C)c3ccc(N4CCN(C(C)=O)CC4)cc3)cc2)CC1. The number of amides is 2. The van der Waals surface area contributed by atoms with Crippen LogP contribution in [0, 0.1) is 0 Å². The Morgan fingerprint density at radius 1 is 0.556 bits per heavy atom. The highest BCUT2D eigenvalue weighted by atomic mass is 16.2. The van der Waals surface area contributed by atoms with E-state index in [0.29, 0.717) is 0 Å². The summed E-state index contributed by atoms with van der Waals surface area (Å²) in [7, 11) is 0. The highest BCUT2D eigenvalue weighted by Crippen LogP contribution is 2.29. The highest BCUT2D eigenvalue weighted by molar-refractivity contribution is 5.91. The van der Waals surface area contributed by atoms with E-state index >= 15 is 0 Å². The van der Waals surface area contributed by atoms with E-state index in [1.807, 2.05) is 23.6 Å². The van der Waals surface area contributed by atoms with Crippen LogP contribution >= 0.6 is 0 Å². The average Bonchev–Trinajstić information content (AvgIpc) is 2.92. The molecule has 2 atom stereocenters. The number of benzene rings is 2. The Kier molecular flexibility index (Phi) is 7.97. The first-order valence-corrected chi connectivity index (χ1v) is 13.0. The van der Waals surface area contributed by atoms with Gasteiger partial charge in [-0.05, 0) is 35.4 Å². The number of carbonyl (C=O) groups is 3. The van der Waals surface area contributed by atoms with Crippen molar-refractivity contribution in [2.24, 2.45) is 0 Å². The second-order valence-electron chi connectivity index (χ2n) is 10.0. The van der Waals surface area contributed by atoms with Gasteiger partial charge >= 0.3 is 0 Å². The number of nitrogens with zero attached hydrogens (tertiary/aromatic N) is 4. The van der Waals surface area contributed by atoms with E-state index in [0.717, 1.165) is 74.9 Å². The zero-order valence-electron chi connectivity index (χ0n) is 21.9. The third-order valence-electron chi connectivity index (χ3n) is 7.82. The molecule has 2 aliphatic heterocycles. The summed E-state index contributed by atoms with van der Waals surface area (Å²) in [5.74, 6) is 0.0914. The second kappa shape index (κ2) is 11.1. The van der Waals surface area contributed by atoms with E-state index < -0.39 is 0 Å². The molecule has 2 fully saturated rings. The average molecular weight is 491 g/mol. The number of carbonyl (C=O) groups excluding carboxylic acids is 3. The molecule has 36 heavy (non-hydrogen) atoms. The van der Waals surface area contributed by atoms with Crippen molar-refractivity contribution < 1.29 is 14.4 Å². The fraction of sp³-hybridized carbons (Fsp3) is 0.483. The van der Waals surface area contributed by atoms with Crippen LogP contribution in [0.3, 0.4) is 0 Å². The standard InChI is InChI=1S/C29H38N4O3/c1-21(25-5-9-27(10-6-25)32-17-13-30(14-18-32)23(3)34)29(36)22(2)26-7-11-28(12-8-26)33-19-15-31(16-20-33)24(4)35/h5-12,21-22H,13-20H2,1-4H3. The van der Waals surface area contributed by atoms with Gasteiger partial charge in [-0.15, -0.1) is 0 Å². The van der Waals surface area contributed by atoms with Crippen molar-refractivity contribution in [3.05, 3.63) is 59.7 Å². The summed E-state index contributed by atoms with van der Waals surface area (Å²) in [6, 6.07) is 16.6. The summed E-state index contributed by atoms with van der Waals surface area (Å²) in [4.78, 5) is 44.8. The highest BCUT2D eigenvalue weighted by Gasteiger charge is 2.25. The molecular weight excluding hydrogens is 452 g/mol. The topological polar surface area (TPSA) is 64.2 Å². The van der Waals surface area contributed by atoms with Gasteiger partial charge in [0, 0.05) is 89.4 Å². The maximum absolute atomic E-state index is 13.3. The van der Waals surface area contributed by atoms with E-state index in [1.165, 1.54) is 0 Å². The zero-order valence-corrected chi connectivity index (χ0v) is 21.9. The minimum Gasteiger partial charge on any atom is -0.368 e. The molecule has 2 saturated heterocycles. The van der Waals surface area contributed by atoms with Crippen LogP contribution in [0.25, 0.3) is 0 Å². The molecule has 2 unspecified atom stereocenters. The minimum atomic E-state index is -0.192. The van der Waals surface area contributed by atoms with Gasteiger partial charge in [0.25, 0.3) is 0 Å². The molecule has 2 amide bonds. The van der Waals surface area contributed by atoms with Crippen LogP contribution in [0.1, 0.15) is 50.7 Å². The van der Waals surface area contributed by atoms with Gasteiger partial charge in [0.1, 0.15) is 5.78 Å². The first kappa shape index (κ1) is 25.7. The predicted octanol–water partition coefficient (Wildman–Crippen LogP) is 3.50. The molecule has 4 rings (SSSR count). The number of piperazine rings is 2. The van der Waals surface area contributed by atoms with Crippen molar-refractivity contribution in [1.29, 1.82) is 0 Å². The van der Waals surface area contributed by atoms with E-state index in [2.05, 4.69) is 58.3 Å². The van der Waals surface area contributed by atoms with Crippen molar-refractivity contribution in [1.82, 2.24) is 9.80 Å². The predicted molar refractivity (Wildman–Crippen MR) is 144 cm³/mol. The van der Waals surface area contributed by atoms with E-state index in [4.69, 9.17) is 0 Å². The lowest BCUT2D eigenvalue weighted by molar-refractivity contribution is -0.129. The molecule has 2 heterocycles. The molecular formula is C29H38N4O3. The zero-order chi connectivity index (χ0) is 25.8. The van der Waals surface area contributed by atoms with Crippen LogP contribution in [0.5, 0.6) is 0 Å². The second-order valence-corrected chi connectivity index (χ2v) is 10.0. The number of anilines is 2. The molecule has 192 valence electrons. The van der Waals surface area contributed by atoms with Crippen LogP contribution in [-0.2, 0) is 14.4 Å². The molecule has 0 aromatic heterocycles. The van der Waals surface area contributed by atoms with Crippen molar-refractivity contribution >= 4 is 29.0 Å². The monoisotopic (exact) mass is 490 g/mol.